The summed E-state index contributed by atoms with van der Waals surface area (Å²) in [6.07, 6.45) is 2.69. The Hall–Kier alpha value is -1.40. The van der Waals surface area contributed by atoms with Crippen LogP contribution in [0.5, 0.6) is 0 Å². The first kappa shape index (κ1) is 14.0. The van der Waals surface area contributed by atoms with Gasteiger partial charge in [0.05, 0.1) is 10.9 Å². The van der Waals surface area contributed by atoms with Crippen molar-refractivity contribution >= 4 is 16.0 Å². The second kappa shape index (κ2) is 5.30. The zero-order valence-corrected chi connectivity index (χ0v) is 11.5. The molecule has 104 valence electrons. The first-order chi connectivity index (χ1) is 8.93. The van der Waals surface area contributed by atoms with Crippen molar-refractivity contribution < 1.29 is 18.3 Å². The van der Waals surface area contributed by atoms with E-state index >= 15 is 0 Å². The van der Waals surface area contributed by atoms with Gasteiger partial charge >= 0.3 is 0 Å². The summed E-state index contributed by atoms with van der Waals surface area (Å²) in [5.74, 6) is -1.37. The number of carbonyl (C=O) groups excluding carboxylic acids is 1. The van der Waals surface area contributed by atoms with E-state index in [4.69, 9.17) is 0 Å². The summed E-state index contributed by atoms with van der Waals surface area (Å²) in [6.45, 7) is 2.36. The number of carboxylic acids is 1. The van der Waals surface area contributed by atoms with Gasteiger partial charge in [0, 0.05) is 12.6 Å². The number of carboxylic acid groups (broad SMARTS) is 1. The predicted octanol–water partition coefficient (Wildman–Crippen LogP) is 0.613. The van der Waals surface area contributed by atoms with Gasteiger partial charge in [-0.2, -0.15) is 4.31 Å². The molecule has 1 aliphatic heterocycles. The smallest absolute Gasteiger partial charge is 0.243 e. The second-order valence-corrected chi connectivity index (χ2v) is 6.67. The van der Waals surface area contributed by atoms with Crippen LogP contribution in [-0.2, 0) is 10.0 Å². The standard InChI is InChI=1S/C13H17NO4S/c1-10-5-2-3-8-14(10)19(17,18)12-7-4-6-11(9-12)13(15)16/h4,6-7,9-10H,2-3,5,8H2,1H3,(H,15,16)/p-1/t10-/m1/s1. The van der Waals surface area contributed by atoms with Gasteiger partial charge in [0.15, 0.2) is 0 Å². The topological polar surface area (TPSA) is 77.5 Å². The minimum absolute atomic E-state index is 0.0166. The molecule has 0 aliphatic carbocycles. The van der Waals surface area contributed by atoms with Crippen LogP contribution in [-0.4, -0.2) is 31.3 Å². The quantitative estimate of drug-likeness (QED) is 0.814. The Balaban J connectivity index is 2.38. The van der Waals surface area contributed by atoms with Crippen molar-refractivity contribution in [3.8, 4) is 0 Å². The molecule has 1 aliphatic rings. The summed E-state index contributed by atoms with van der Waals surface area (Å²) in [6, 6.07) is 5.28. The Morgan fingerprint density at radius 2 is 2.11 bits per heavy atom. The molecule has 2 rings (SSSR count). The van der Waals surface area contributed by atoms with Gasteiger partial charge in [-0.25, -0.2) is 8.42 Å². The monoisotopic (exact) mass is 282 g/mol. The highest BCUT2D eigenvalue weighted by Gasteiger charge is 2.30. The Labute approximate surface area is 112 Å². The third-order valence-electron chi connectivity index (χ3n) is 3.42. The van der Waals surface area contributed by atoms with E-state index in [0.717, 1.165) is 25.3 Å². The van der Waals surface area contributed by atoms with Crippen LogP contribution in [0.1, 0.15) is 36.5 Å². The van der Waals surface area contributed by atoms with Gasteiger partial charge in [-0.15, -0.1) is 0 Å². The van der Waals surface area contributed by atoms with E-state index in [0.29, 0.717) is 6.54 Å². The lowest BCUT2D eigenvalue weighted by Gasteiger charge is -2.32. The van der Waals surface area contributed by atoms with Gasteiger partial charge in [0.1, 0.15) is 0 Å². The fourth-order valence-corrected chi connectivity index (χ4v) is 4.09. The van der Waals surface area contributed by atoms with Crippen LogP contribution >= 0.6 is 0 Å². The maximum Gasteiger partial charge on any atom is 0.243 e. The van der Waals surface area contributed by atoms with Crippen LogP contribution in [0.15, 0.2) is 29.2 Å². The normalized spacial score (nSPS) is 21.2. The summed E-state index contributed by atoms with van der Waals surface area (Å²) in [5, 5.41) is 10.8. The van der Waals surface area contributed by atoms with Crippen molar-refractivity contribution in [3.05, 3.63) is 29.8 Å². The molecule has 0 unspecified atom stereocenters. The van der Waals surface area contributed by atoms with Crippen molar-refractivity contribution in [1.29, 1.82) is 0 Å². The maximum absolute atomic E-state index is 12.5. The fourth-order valence-electron chi connectivity index (χ4n) is 2.35. The molecule has 0 spiro atoms. The van der Waals surface area contributed by atoms with Crippen LogP contribution in [0.4, 0.5) is 0 Å². The third-order valence-corrected chi connectivity index (χ3v) is 5.43. The molecule has 19 heavy (non-hydrogen) atoms. The Bertz CT molecular complexity index is 582. The lowest BCUT2D eigenvalue weighted by Crippen LogP contribution is -2.42. The van der Waals surface area contributed by atoms with Crippen LogP contribution in [0.25, 0.3) is 0 Å². The van der Waals surface area contributed by atoms with E-state index in [1.165, 1.54) is 22.5 Å². The molecule has 1 aromatic carbocycles. The van der Waals surface area contributed by atoms with E-state index in [9.17, 15) is 18.3 Å². The largest absolute Gasteiger partial charge is 0.545 e. The van der Waals surface area contributed by atoms with Crippen molar-refractivity contribution in [2.75, 3.05) is 6.54 Å². The van der Waals surface area contributed by atoms with Gasteiger partial charge < -0.3 is 9.90 Å². The molecular weight excluding hydrogens is 266 g/mol. The zero-order valence-electron chi connectivity index (χ0n) is 10.7. The molecule has 1 atom stereocenters. The highest BCUT2D eigenvalue weighted by atomic mass is 32.2. The first-order valence-electron chi connectivity index (χ1n) is 6.26. The number of nitrogens with zero attached hydrogens (tertiary/aromatic N) is 1. The molecule has 1 fully saturated rings. The van der Waals surface area contributed by atoms with Crippen molar-refractivity contribution in [1.82, 2.24) is 4.31 Å². The van der Waals surface area contributed by atoms with Crippen LogP contribution in [0.2, 0.25) is 0 Å². The van der Waals surface area contributed by atoms with E-state index in [1.807, 2.05) is 6.92 Å². The molecule has 0 saturated carbocycles. The molecule has 0 amide bonds. The van der Waals surface area contributed by atoms with Crippen molar-refractivity contribution in [2.45, 2.75) is 37.1 Å². The molecule has 0 radical (unpaired) electrons. The Morgan fingerprint density at radius 3 is 2.74 bits per heavy atom. The highest BCUT2D eigenvalue weighted by molar-refractivity contribution is 7.89. The molecule has 0 bridgehead atoms. The number of hydrogen-bond donors (Lipinski definition) is 0. The van der Waals surface area contributed by atoms with Gasteiger partial charge in [-0.3, -0.25) is 0 Å². The van der Waals surface area contributed by atoms with Crippen LogP contribution < -0.4 is 5.11 Å². The number of hydrogen-bond acceptors (Lipinski definition) is 4. The number of benzene rings is 1. The number of piperidine rings is 1. The van der Waals surface area contributed by atoms with E-state index in [2.05, 4.69) is 0 Å². The first-order valence-corrected chi connectivity index (χ1v) is 7.70. The Kier molecular flexibility index (Phi) is 3.91. The van der Waals surface area contributed by atoms with Gasteiger partial charge in [-0.05, 0) is 37.5 Å². The predicted molar refractivity (Wildman–Crippen MR) is 68.0 cm³/mol. The minimum atomic E-state index is -3.63. The summed E-state index contributed by atoms with van der Waals surface area (Å²) >= 11 is 0. The molecule has 6 heteroatoms. The summed E-state index contributed by atoms with van der Waals surface area (Å²) < 4.78 is 26.4. The SMILES string of the molecule is C[C@@H]1CCCCN1S(=O)(=O)c1cccc(C(=O)[O-])c1. The summed E-state index contributed by atoms with van der Waals surface area (Å²) in [5.41, 5.74) is -0.120. The van der Waals surface area contributed by atoms with E-state index < -0.39 is 16.0 Å². The molecule has 1 heterocycles. The molecule has 0 N–H and O–H groups in total. The number of carbonyl (C=O) groups is 1. The van der Waals surface area contributed by atoms with Gasteiger partial charge in [-0.1, -0.05) is 18.6 Å². The average molecular weight is 282 g/mol. The van der Waals surface area contributed by atoms with Crippen LogP contribution in [0, 0.1) is 0 Å². The van der Waals surface area contributed by atoms with Crippen LogP contribution in [0.3, 0.4) is 0 Å². The lowest BCUT2D eigenvalue weighted by atomic mass is 10.1. The Morgan fingerprint density at radius 1 is 1.37 bits per heavy atom. The molecule has 1 aromatic rings. The fraction of sp³-hybridized carbons (Fsp3) is 0.462. The minimum Gasteiger partial charge on any atom is -0.545 e. The average Bonchev–Trinajstić information content (AvgIpc) is 2.39. The lowest BCUT2D eigenvalue weighted by molar-refractivity contribution is -0.255. The molecule has 5 nitrogen and oxygen atoms in total. The van der Waals surface area contributed by atoms with Crippen molar-refractivity contribution in [2.24, 2.45) is 0 Å². The summed E-state index contributed by atoms with van der Waals surface area (Å²) in [4.78, 5) is 10.8. The number of sulfonamides is 1. The van der Waals surface area contributed by atoms with E-state index in [1.54, 1.807) is 0 Å². The van der Waals surface area contributed by atoms with Crippen molar-refractivity contribution in [3.63, 3.8) is 0 Å². The van der Waals surface area contributed by atoms with Gasteiger partial charge in [0.2, 0.25) is 10.0 Å². The van der Waals surface area contributed by atoms with Gasteiger partial charge in [0.25, 0.3) is 0 Å². The third kappa shape index (κ3) is 2.79. The number of rotatable bonds is 3. The molecular formula is C13H16NO4S-. The number of aromatic carboxylic acids is 1. The second-order valence-electron chi connectivity index (χ2n) is 4.78. The van der Waals surface area contributed by atoms with E-state index in [-0.39, 0.29) is 16.5 Å². The zero-order chi connectivity index (χ0) is 14.0. The summed E-state index contributed by atoms with van der Waals surface area (Å²) in [7, 11) is -3.63. The molecule has 1 saturated heterocycles. The molecule has 0 aromatic heterocycles. The maximum atomic E-state index is 12.5. The highest BCUT2D eigenvalue weighted by Crippen LogP contribution is 2.25.